The molecule has 3 aromatic carbocycles. The van der Waals surface area contributed by atoms with Crippen molar-refractivity contribution >= 4 is 11.6 Å². The first-order valence-corrected chi connectivity index (χ1v) is 11.1. The van der Waals surface area contributed by atoms with Gasteiger partial charge in [-0.05, 0) is 54.6 Å². The van der Waals surface area contributed by atoms with Gasteiger partial charge >= 0.3 is 0 Å². The number of amides is 1. The maximum atomic E-state index is 12.8. The smallest absolute Gasteiger partial charge is 0.255 e. The summed E-state index contributed by atoms with van der Waals surface area (Å²) in [5, 5.41) is 2.91. The standard InChI is InChI=1S/C28H24N2O5/c1-32-22-14-20(15-23(17-22)33-2)28(31)29-21-9-6-18(7-10-21)24-4-3-5-25(30-24)19-8-11-26-27(16-19)35-13-12-34-26/h3-11,14-17H,12-13H2,1-2H3,(H,29,31). The lowest BCUT2D eigenvalue weighted by Gasteiger charge is -2.18. The molecule has 1 amide bonds. The fourth-order valence-corrected chi connectivity index (χ4v) is 3.83. The van der Waals surface area contributed by atoms with Crippen molar-refractivity contribution in [2.24, 2.45) is 0 Å². The summed E-state index contributed by atoms with van der Waals surface area (Å²) in [6, 6.07) is 24.3. The van der Waals surface area contributed by atoms with Crippen molar-refractivity contribution in [3.8, 4) is 45.5 Å². The number of benzene rings is 3. The molecule has 2 heterocycles. The molecule has 0 fully saturated rings. The molecule has 35 heavy (non-hydrogen) atoms. The minimum absolute atomic E-state index is 0.256. The molecule has 5 rings (SSSR count). The van der Waals surface area contributed by atoms with Gasteiger partial charge in [-0.15, -0.1) is 0 Å². The summed E-state index contributed by atoms with van der Waals surface area (Å²) in [5.74, 6) is 2.33. The zero-order valence-corrected chi connectivity index (χ0v) is 19.4. The lowest BCUT2D eigenvalue weighted by molar-refractivity contribution is 0.102. The summed E-state index contributed by atoms with van der Waals surface area (Å²) in [4.78, 5) is 17.6. The summed E-state index contributed by atoms with van der Waals surface area (Å²) in [5.41, 5.74) is 4.67. The number of pyridine rings is 1. The zero-order chi connectivity index (χ0) is 24.2. The fraction of sp³-hybridized carbons (Fsp3) is 0.143. The Morgan fingerprint density at radius 1 is 0.771 bits per heavy atom. The van der Waals surface area contributed by atoms with Gasteiger partial charge in [0.25, 0.3) is 5.91 Å². The molecule has 0 radical (unpaired) electrons. The monoisotopic (exact) mass is 468 g/mol. The Morgan fingerprint density at radius 3 is 2.09 bits per heavy atom. The van der Waals surface area contributed by atoms with Gasteiger partial charge in [0.05, 0.1) is 25.6 Å². The normalized spacial score (nSPS) is 12.1. The van der Waals surface area contributed by atoms with Crippen LogP contribution in [-0.2, 0) is 0 Å². The van der Waals surface area contributed by atoms with Crippen molar-refractivity contribution in [1.82, 2.24) is 4.98 Å². The number of nitrogens with zero attached hydrogens (tertiary/aromatic N) is 1. The van der Waals surface area contributed by atoms with Gasteiger partial charge in [-0.3, -0.25) is 4.79 Å². The number of ether oxygens (including phenoxy) is 4. The maximum Gasteiger partial charge on any atom is 0.255 e. The van der Waals surface area contributed by atoms with Gasteiger partial charge in [0, 0.05) is 28.4 Å². The lowest BCUT2D eigenvalue weighted by Crippen LogP contribution is -2.15. The molecule has 0 spiro atoms. The van der Waals surface area contributed by atoms with Crippen molar-refractivity contribution in [2.75, 3.05) is 32.8 Å². The number of methoxy groups -OCH3 is 2. The van der Waals surface area contributed by atoms with Crippen LogP contribution in [0.4, 0.5) is 5.69 Å². The molecule has 0 bridgehead atoms. The molecule has 1 aliphatic heterocycles. The van der Waals surface area contributed by atoms with E-state index in [0.717, 1.165) is 34.0 Å². The molecule has 1 aromatic heterocycles. The van der Waals surface area contributed by atoms with Crippen molar-refractivity contribution < 1.29 is 23.7 Å². The molecule has 1 aliphatic rings. The Balaban J connectivity index is 1.33. The van der Waals surface area contributed by atoms with E-state index in [0.29, 0.717) is 36.0 Å². The van der Waals surface area contributed by atoms with Crippen LogP contribution < -0.4 is 24.3 Å². The number of hydrogen-bond donors (Lipinski definition) is 1. The number of anilines is 1. The van der Waals surface area contributed by atoms with E-state index < -0.39 is 0 Å². The number of aromatic nitrogens is 1. The molecule has 0 unspecified atom stereocenters. The molecule has 176 valence electrons. The van der Waals surface area contributed by atoms with Gasteiger partial charge in [0.2, 0.25) is 0 Å². The van der Waals surface area contributed by atoms with Crippen LogP contribution in [0.15, 0.2) is 78.9 Å². The zero-order valence-electron chi connectivity index (χ0n) is 19.4. The second kappa shape index (κ2) is 9.77. The Kier molecular flexibility index (Phi) is 6.22. The van der Waals surface area contributed by atoms with Gasteiger partial charge in [0.1, 0.15) is 24.7 Å². The van der Waals surface area contributed by atoms with E-state index in [1.165, 1.54) is 0 Å². The SMILES string of the molecule is COc1cc(OC)cc(C(=O)Nc2ccc(-c3cccc(-c4ccc5c(c4)OCCO5)n3)cc2)c1. The molecule has 0 saturated carbocycles. The summed E-state index contributed by atoms with van der Waals surface area (Å²) in [7, 11) is 3.10. The Labute approximate surface area is 203 Å². The summed E-state index contributed by atoms with van der Waals surface area (Å²) in [6.07, 6.45) is 0. The highest BCUT2D eigenvalue weighted by atomic mass is 16.6. The highest BCUT2D eigenvalue weighted by Crippen LogP contribution is 2.34. The van der Waals surface area contributed by atoms with E-state index >= 15 is 0 Å². The van der Waals surface area contributed by atoms with Crippen LogP contribution in [0.1, 0.15) is 10.4 Å². The van der Waals surface area contributed by atoms with Crippen molar-refractivity contribution in [3.63, 3.8) is 0 Å². The predicted molar refractivity (Wildman–Crippen MR) is 134 cm³/mol. The fourth-order valence-electron chi connectivity index (χ4n) is 3.83. The average Bonchev–Trinajstić information content (AvgIpc) is 2.93. The predicted octanol–water partition coefficient (Wildman–Crippen LogP) is 5.46. The van der Waals surface area contributed by atoms with E-state index in [2.05, 4.69) is 5.32 Å². The first-order valence-electron chi connectivity index (χ1n) is 11.1. The van der Waals surface area contributed by atoms with Crippen LogP contribution in [0.25, 0.3) is 22.5 Å². The number of nitrogens with one attached hydrogen (secondary N) is 1. The summed E-state index contributed by atoms with van der Waals surface area (Å²) >= 11 is 0. The first-order chi connectivity index (χ1) is 17.1. The Bertz CT molecular complexity index is 1350. The average molecular weight is 469 g/mol. The van der Waals surface area contributed by atoms with Crippen LogP contribution in [0.2, 0.25) is 0 Å². The van der Waals surface area contributed by atoms with Crippen molar-refractivity contribution in [3.05, 3.63) is 84.4 Å². The molecule has 7 nitrogen and oxygen atoms in total. The third-order valence-corrected chi connectivity index (χ3v) is 5.64. The van der Waals surface area contributed by atoms with Crippen LogP contribution in [0, 0.1) is 0 Å². The van der Waals surface area contributed by atoms with Gasteiger partial charge in [-0.1, -0.05) is 18.2 Å². The maximum absolute atomic E-state index is 12.8. The number of hydrogen-bond acceptors (Lipinski definition) is 6. The Hall–Kier alpha value is -4.52. The molecule has 1 N–H and O–H groups in total. The molecule has 4 aromatic rings. The van der Waals surface area contributed by atoms with E-state index in [1.807, 2.05) is 60.7 Å². The van der Waals surface area contributed by atoms with Gasteiger partial charge < -0.3 is 24.3 Å². The van der Waals surface area contributed by atoms with Crippen molar-refractivity contribution in [1.29, 1.82) is 0 Å². The second-order valence-electron chi connectivity index (χ2n) is 7.90. The van der Waals surface area contributed by atoms with Crippen LogP contribution in [0.3, 0.4) is 0 Å². The highest BCUT2D eigenvalue weighted by Gasteiger charge is 2.14. The molecule has 0 atom stereocenters. The second-order valence-corrected chi connectivity index (χ2v) is 7.90. The van der Waals surface area contributed by atoms with E-state index in [1.54, 1.807) is 32.4 Å². The quantitative estimate of drug-likeness (QED) is 0.405. The van der Waals surface area contributed by atoms with Gasteiger partial charge in [-0.25, -0.2) is 4.98 Å². The summed E-state index contributed by atoms with van der Waals surface area (Å²) in [6.45, 7) is 1.10. The number of carbonyl (C=O) groups excluding carboxylic acids is 1. The third-order valence-electron chi connectivity index (χ3n) is 5.64. The lowest BCUT2D eigenvalue weighted by atomic mass is 10.1. The van der Waals surface area contributed by atoms with Gasteiger partial charge in [-0.2, -0.15) is 0 Å². The molecular formula is C28H24N2O5. The highest BCUT2D eigenvalue weighted by molar-refractivity contribution is 6.04. The molecule has 0 aliphatic carbocycles. The number of rotatable bonds is 6. The third kappa shape index (κ3) is 4.89. The van der Waals surface area contributed by atoms with Crippen LogP contribution in [-0.4, -0.2) is 38.3 Å². The first kappa shape index (κ1) is 22.3. The number of fused-ring (bicyclic) bond motifs is 1. The minimum atomic E-state index is -0.256. The van der Waals surface area contributed by atoms with Crippen molar-refractivity contribution in [2.45, 2.75) is 0 Å². The minimum Gasteiger partial charge on any atom is -0.497 e. The van der Waals surface area contributed by atoms with E-state index in [-0.39, 0.29) is 5.91 Å². The topological polar surface area (TPSA) is 78.9 Å². The molecule has 7 heteroatoms. The van der Waals surface area contributed by atoms with Crippen LogP contribution >= 0.6 is 0 Å². The molecule has 0 saturated heterocycles. The largest absolute Gasteiger partial charge is 0.497 e. The van der Waals surface area contributed by atoms with Gasteiger partial charge in [0.15, 0.2) is 11.5 Å². The Morgan fingerprint density at radius 2 is 1.40 bits per heavy atom. The molecular weight excluding hydrogens is 444 g/mol. The summed E-state index contributed by atoms with van der Waals surface area (Å²) < 4.78 is 21.8. The van der Waals surface area contributed by atoms with E-state index in [9.17, 15) is 4.79 Å². The number of carbonyl (C=O) groups is 1. The van der Waals surface area contributed by atoms with Crippen LogP contribution in [0.5, 0.6) is 23.0 Å². The van der Waals surface area contributed by atoms with E-state index in [4.69, 9.17) is 23.9 Å².